The third kappa shape index (κ3) is 41.4. The van der Waals surface area contributed by atoms with Gasteiger partial charge in [-0.05, 0) is 51.4 Å². The Bertz CT molecular complexity index is 1270. The van der Waals surface area contributed by atoms with Crippen molar-refractivity contribution < 1.29 is 39.8 Å². The number of hydrogen-bond donors (Lipinski definition) is 6. The number of aliphatic hydroxyl groups is 5. The first-order valence-corrected chi connectivity index (χ1v) is 30.8. The van der Waals surface area contributed by atoms with E-state index in [4.69, 9.17) is 9.47 Å². The van der Waals surface area contributed by atoms with Crippen LogP contribution in [-0.4, -0.2) is 87.5 Å². The summed E-state index contributed by atoms with van der Waals surface area (Å²) >= 11 is 0. The highest BCUT2D eigenvalue weighted by atomic mass is 16.7. The molecule has 1 heterocycles. The van der Waals surface area contributed by atoms with Gasteiger partial charge in [0.25, 0.3) is 0 Å². The standard InChI is InChI=1S/C63H117NO8/c1-3-5-7-9-11-13-14-15-16-17-18-19-20-21-22-23-24-25-26-27-28-29-30-31-32-33-34-35-36-37-38-39-40-41-42-43-44-45-47-49-51-53-59(67)64-56(57(66)52-50-48-46-12-10-8-6-4-2)55-71-63-62(70)61(69)60(68)58(54-65)72-63/h5,7,11,13,15-16,18-19,56-58,60-63,65-66,68-70H,3-4,6,8-10,12,14,17,20-55H2,1-2H3,(H,64,67)/b7-5-,13-11-,16-15-,19-18-. The fourth-order valence-electron chi connectivity index (χ4n) is 9.86. The lowest BCUT2D eigenvalue weighted by molar-refractivity contribution is -0.302. The summed E-state index contributed by atoms with van der Waals surface area (Å²) in [5.41, 5.74) is 0. The molecule has 0 aromatic heterocycles. The third-order valence-corrected chi connectivity index (χ3v) is 14.7. The van der Waals surface area contributed by atoms with Gasteiger partial charge >= 0.3 is 0 Å². The second-order valence-electron chi connectivity index (χ2n) is 21.5. The molecule has 7 unspecified atom stereocenters. The molecule has 0 spiro atoms. The van der Waals surface area contributed by atoms with Crippen LogP contribution in [0.5, 0.6) is 0 Å². The number of aliphatic hydroxyl groups excluding tert-OH is 5. The minimum Gasteiger partial charge on any atom is -0.394 e. The Hall–Kier alpha value is -1.85. The minimum absolute atomic E-state index is 0.135. The molecule has 1 aliphatic heterocycles. The molecule has 6 N–H and O–H groups in total. The third-order valence-electron chi connectivity index (χ3n) is 14.7. The molecular formula is C63H117NO8. The van der Waals surface area contributed by atoms with E-state index in [0.29, 0.717) is 12.8 Å². The van der Waals surface area contributed by atoms with E-state index in [1.807, 2.05) is 0 Å². The maximum Gasteiger partial charge on any atom is 0.220 e. The Labute approximate surface area is 444 Å². The maximum absolute atomic E-state index is 13.0. The number of hydrogen-bond acceptors (Lipinski definition) is 8. The van der Waals surface area contributed by atoms with Gasteiger partial charge in [-0.3, -0.25) is 4.79 Å². The molecule has 0 bridgehead atoms. The Balaban J connectivity index is 1.94. The predicted octanol–water partition coefficient (Wildman–Crippen LogP) is 15.7. The van der Waals surface area contributed by atoms with Crippen LogP contribution >= 0.6 is 0 Å². The number of carbonyl (C=O) groups is 1. The average Bonchev–Trinajstić information content (AvgIpc) is 3.38. The molecule has 1 amide bonds. The molecule has 1 rings (SSSR count). The second kappa shape index (κ2) is 52.6. The first-order valence-electron chi connectivity index (χ1n) is 30.8. The highest BCUT2D eigenvalue weighted by Crippen LogP contribution is 2.23. The van der Waals surface area contributed by atoms with Crippen LogP contribution in [-0.2, 0) is 14.3 Å². The molecule has 1 aliphatic rings. The summed E-state index contributed by atoms with van der Waals surface area (Å²) in [6.07, 6.45) is 63.6. The molecule has 0 aromatic carbocycles. The maximum atomic E-state index is 13.0. The number of allylic oxidation sites excluding steroid dienone is 8. The van der Waals surface area contributed by atoms with Crippen LogP contribution in [0.4, 0.5) is 0 Å². The Morgan fingerprint density at radius 1 is 0.486 bits per heavy atom. The molecule has 72 heavy (non-hydrogen) atoms. The van der Waals surface area contributed by atoms with Crippen molar-refractivity contribution in [2.45, 2.75) is 333 Å². The molecular weight excluding hydrogens is 899 g/mol. The predicted molar refractivity (Wildman–Crippen MR) is 304 cm³/mol. The monoisotopic (exact) mass is 1020 g/mol. The van der Waals surface area contributed by atoms with Crippen molar-refractivity contribution in [3.8, 4) is 0 Å². The molecule has 0 aromatic rings. The largest absolute Gasteiger partial charge is 0.394 e. The van der Waals surface area contributed by atoms with Crippen LogP contribution in [0.15, 0.2) is 48.6 Å². The van der Waals surface area contributed by atoms with Crippen molar-refractivity contribution >= 4 is 5.91 Å². The van der Waals surface area contributed by atoms with Crippen molar-refractivity contribution in [2.75, 3.05) is 13.2 Å². The SMILES string of the molecule is CC/C=C\C/C=C\C/C=C\C/C=C\CCCCCCCCCCCCCCCCCCCCCCCCCCCCCCC(=O)NC(COC1OC(CO)C(O)C(O)C1O)C(O)CCCCCCCCCC. The first kappa shape index (κ1) is 68.2. The van der Waals surface area contributed by atoms with E-state index in [-0.39, 0.29) is 12.5 Å². The number of amides is 1. The lowest BCUT2D eigenvalue weighted by Gasteiger charge is -2.40. The van der Waals surface area contributed by atoms with E-state index in [1.165, 1.54) is 199 Å². The first-order chi connectivity index (χ1) is 35.3. The Morgan fingerprint density at radius 2 is 0.861 bits per heavy atom. The zero-order chi connectivity index (χ0) is 52.2. The van der Waals surface area contributed by atoms with Gasteiger partial charge in [0.1, 0.15) is 24.4 Å². The van der Waals surface area contributed by atoms with E-state index in [2.05, 4.69) is 67.8 Å². The van der Waals surface area contributed by atoms with Crippen LogP contribution in [0, 0.1) is 0 Å². The molecule has 7 atom stereocenters. The molecule has 422 valence electrons. The van der Waals surface area contributed by atoms with Gasteiger partial charge in [-0.15, -0.1) is 0 Å². The molecule has 1 saturated heterocycles. The number of rotatable bonds is 53. The smallest absolute Gasteiger partial charge is 0.220 e. The van der Waals surface area contributed by atoms with Gasteiger partial charge < -0.3 is 40.3 Å². The number of unbranched alkanes of at least 4 members (excludes halogenated alkanes) is 35. The van der Waals surface area contributed by atoms with Crippen LogP contribution in [0.2, 0.25) is 0 Å². The van der Waals surface area contributed by atoms with Crippen molar-refractivity contribution in [2.24, 2.45) is 0 Å². The number of nitrogens with one attached hydrogen (secondary N) is 1. The summed E-state index contributed by atoms with van der Waals surface area (Å²) in [5, 5.41) is 54.3. The van der Waals surface area contributed by atoms with Crippen molar-refractivity contribution in [1.82, 2.24) is 5.32 Å². The highest BCUT2D eigenvalue weighted by Gasteiger charge is 2.44. The van der Waals surface area contributed by atoms with Crippen LogP contribution in [0.3, 0.4) is 0 Å². The van der Waals surface area contributed by atoms with Crippen LogP contribution in [0.25, 0.3) is 0 Å². The summed E-state index contributed by atoms with van der Waals surface area (Å²) in [4.78, 5) is 13.0. The number of carbonyl (C=O) groups excluding carboxylic acids is 1. The second-order valence-corrected chi connectivity index (χ2v) is 21.5. The fourth-order valence-corrected chi connectivity index (χ4v) is 9.86. The van der Waals surface area contributed by atoms with E-state index < -0.39 is 49.5 Å². The zero-order valence-electron chi connectivity index (χ0n) is 46.9. The molecule has 9 heteroatoms. The fraction of sp³-hybridized carbons (Fsp3) is 0.857. The normalized spacial score (nSPS) is 19.5. The highest BCUT2D eigenvalue weighted by molar-refractivity contribution is 5.76. The Kier molecular flexibility index (Phi) is 49.8. The van der Waals surface area contributed by atoms with Crippen molar-refractivity contribution in [3.05, 3.63) is 48.6 Å². The van der Waals surface area contributed by atoms with Gasteiger partial charge in [0.05, 0.1) is 25.4 Å². The Morgan fingerprint density at radius 3 is 1.28 bits per heavy atom. The summed E-state index contributed by atoms with van der Waals surface area (Å²) in [6.45, 7) is 3.70. The minimum atomic E-state index is -1.55. The zero-order valence-corrected chi connectivity index (χ0v) is 46.9. The van der Waals surface area contributed by atoms with E-state index in [9.17, 15) is 30.3 Å². The topological polar surface area (TPSA) is 149 Å². The molecule has 0 aliphatic carbocycles. The van der Waals surface area contributed by atoms with Gasteiger partial charge in [0, 0.05) is 6.42 Å². The molecule has 9 nitrogen and oxygen atoms in total. The lowest BCUT2D eigenvalue weighted by atomic mass is 9.99. The van der Waals surface area contributed by atoms with E-state index in [0.717, 1.165) is 64.2 Å². The van der Waals surface area contributed by atoms with Crippen LogP contribution in [0.1, 0.15) is 290 Å². The van der Waals surface area contributed by atoms with Crippen LogP contribution < -0.4 is 5.32 Å². The van der Waals surface area contributed by atoms with E-state index >= 15 is 0 Å². The summed E-state index contributed by atoms with van der Waals surface area (Å²) in [5.74, 6) is -0.143. The van der Waals surface area contributed by atoms with Gasteiger partial charge in [0.15, 0.2) is 6.29 Å². The molecule has 0 radical (unpaired) electrons. The summed E-state index contributed by atoms with van der Waals surface area (Å²) < 4.78 is 11.3. The van der Waals surface area contributed by atoms with Gasteiger partial charge in [-0.2, -0.15) is 0 Å². The molecule has 1 fully saturated rings. The summed E-state index contributed by atoms with van der Waals surface area (Å²) in [6, 6.07) is -0.714. The number of ether oxygens (including phenoxy) is 2. The average molecular weight is 1020 g/mol. The van der Waals surface area contributed by atoms with Gasteiger partial charge in [-0.25, -0.2) is 0 Å². The molecule has 0 saturated carbocycles. The summed E-state index contributed by atoms with van der Waals surface area (Å²) in [7, 11) is 0. The van der Waals surface area contributed by atoms with Crippen molar-refractivity contribution in [1.29, 1.82) is 0 Å². The van der Waals surface area contributed by atoms with Gasteiger partial charge in [0.2, 0.25) is 5.91 Å². The van der Waals surface area contributed by atoms with Gasteiger partial charge in [-0.1, -0.05) is 281 Å². The quantitative estimate of drug-likeness (QED) is 0.0261. The lowest BCUT2D eigenvalue weighted by Crippen LogP contribution is -2.60. The van der Waals surface area contributed by atoms with E-state index in [1.54, 1.807) is 0 Å². The van der Waals surface area contributed by atoms with Crippen molar-refractivity contribution in [3.63, 3.8) is 0 Å².